The van der Waals surface area contributed by atoms with Crippen molar-refractivity contribution in [2.45, 2.75) is 13.8 Å². The number of aryl methyl sites for hydroxylation is 2. The number of benzene rings is 2. The van der Waals surface area contributed by atoms with Crippen LogP contribution in [0.15, 0.2) is 42.5 Å². The van der Waals surface area contributed by atoms with Crippen LogP contribution < -0.4 is 15.8 Å². The fourth-order valence-corrected chi connectivity index (χ4v) is 1.93. The highest BCUT2D eigenvalue weighted by molar-refractivity contribution is 5.92. The van der Waals surface area contributed by atoms with Crippen LogP contribution in [0.5, 0.6) is 5.75 Å². The molecule has 3 N–H and O–H groups in total. The van der Waals surface area contributed by atoms with Gasteiger partial charge in [0.05, 0.1) is 0 Å². The third kappa shape index (κ3) is 4.02. The molecule has 0 unspecified atom stereocenters. The van der Waals surface area contributed by atoms with E-state index < -0.39 is 0 Å². The van der Waals surface area contributed by atoms with Crippen LogP contribution in [0.25, 0.3) is 0 Å². The Kier molecular flexibility index (Phi) is 4.25. The Labute approximate surface area is 118 Å². The minimum absolute atomic E-state index is 0.0206. The van der Waals surface area contributed by atoms with Gasteiger partial charge >= 0.3 is 0 Å². The Bertz CT molecular complexity index is 586. The fraction of sp³-hybridized carbons (Fsp3) is 0.188. The van der Waals surface area contributed by atoms with E-state index in [1.54, 1.807) is 24.3 Å². The Balaban J connectivity index is 1.90. The van der Waals surface area contributed by atoms with Gasteiger partial charge in [-0.15, -0.1) is 0 Å². The first-order valence-electron chi connectivity index (χ1n) is 6.39. The van der Waals surface area contributed by atoms with Crippen molar-refractivity contribution in [3.63, 3.8) is 0 Å². The molecule has 0 heterocycles. The number of carbonyl (C=O) groups excluding carboxylic acids is 1. The SMILES string of the molecule is Cc1cc(C)cc(OCC(=O)Nc2ccc(N)cc2)c1. The summed E-state index contributed by atoms with van der Waals surface area (Å²) in [6.45, 7) is 3.97. The second-order valence-corrected chi connectivity index (χ2v) is 4.78. The zero-order valence-electron chi connectivity index (χ0n) is 11.6. The Hall–Kier alpha value is -2.49. The number of carbonyl (C=O) groups is 1. The summed E-state index contributed by atoms with van der Waals surface area (Å²) >= 11 is 0. The molecule has 2 aromatic rings. The van der Waals surface area contributed by atoms with Crippen molar-refractivity contribution in [3.05, 3.63) is 53.6 Å². The largest absolute Gasteiger partial charge is 0.484 e. The minimum atomic E-state index is -0.200. The van der Waals surface area contributed by atoms with Crippen LogP contribution in [0.3, 0.4) is 0 Å². The van der Waals surface area contributed by atoms with Gasteiger partial charge in [-0.3, -0.25) is 4.79 Å². The van der Waals surface area contributed by atoms with Crippen LogP contribution in [0.1, 0.15) is 11.1 Å². The Morgan fingerprint density at radius 1 is 1.10 bits per heavy atom. The maximum Gasteiger partial charge on any atom is 0.262 e. The number of nitrogen functional groups attached to an aromatic ring is 1. The molecule has 0 radical (unpaired) electrons. The van der Waals surface area contributed by atoms with Gasteiger partial charge in [0.15, 0.2) is 6.61 Å². The molecule has 2 aromatic carbocycles. The van der Waals surface area contributed by atoms with Crippen molar-refractivity contribution in [2.75, 3.05) is 17.7 Å². The highest BCUT2D eigenvalue weighted by Gasteiger charge is 2.04. The normalized spacial score (nSPS) is 10.1. The van der Waals surface area contributed by atoms with Crippen molar-refractivity contribution in [1.82, 2.24) is 0 Å². The predicted octanol–water partition coefficient (Wildman–Crippen LogP) is 2.90. The van der Waals surface area contributed by atoms with Crippen molar-refractivity contribution in [3.8, 4) is 5.75 Å². The molecule has 0 saturated carbocycles. The number of hydrogen-bond acceptors (Lipinski definition) is 3. The molecule has 0 spiro atoms. The second kappa shape index (κ2) is 6.10. The number of hydrogen-bond donors (Lipinski definition) is 2. The molecule has 0 aliphatic rings. The van der Waals surface area contributed by atoms with Gasteiger partial charge in [0.1, 0.15) is 5.75 Å². The summed E-state index contributed by atoms with van der Waals surface area (Å²) in [6, 6.07) is 12.9. The zero-order valence-corrected chi connectivity index (χ0v) is 11.6. The second-order valence-electron chi connectivity index (χ2n) is 4.78. The third-order valence-electron chi connectivity index (χ3n) is 2.76. The predicted molar refractivity (Wildman–Crippen MR) is 80.9 cm³/mol. The smallest absolute Gasteiger partial charge is 0.262 e. The van der Waals surface area contributed by atoms with Crippen LogP contribution >= 0.6 is 0 Å². The highest BCUT2D eigenvalue weighted by Crippen LogP contribution is 2.16. The average molecular weight is 270 g/mol. The van der Waals surface area contributed by atoms with E-state index in [1.807, 2.05) is 26.0 Å². The lowest BCUT2D eigenvalue weighted by Gasteiger charge is -2.09. The number of nitrogens with two attached hydrogens (primary N) is 1. The summed E-state index contributed by atoms with van der Waals surface area (Å²) in [6.07, 6.45) is 0. The van der Waals surface area contributed by atoms with E-state index in [0.29, 0.717) is 17.1 Å². The molecule has 0 fully saturated rings. The maximum atomic E-state index is 11.8. The van der Waals surface area contributed by atoms with E-state index in [4.69, 9.17) is 10.5 Å². The first kappa shape index (κ1) is 13.9. The maximum absolute atomic E-state index is 11.8. The molecular weight excluding hydrogens is 252 g/mol. The molecule has 4 heteroatoms. The summed E-state index contributed by atoms with van der Waals surface area (Å²) in [4.78, 5) is 11.8. The standard InChI is InChI=1S/C16H18N2O2/c1-11-7-12(2)9-15(8-11)20-10-16(19)18-14-5-3-13(17)4-6-14/h3-9H,10,17H2,1-2H3,(H,18,19). The Morgan fingerprint density at radius 2 is 1.70 bits per heavy atom. The highest BCUT2D eigenvalue weighted by atomic mass is 16.5. The van der Waals surface area contributed by atoms with Crippen LogP contribution in [0, 0.1) is 13.8 Å². The molecule has 0 aliphatic carbocycles. The summed E-state index contributed by atoms with van der Waals surface area (Å²) in [5.41, 5.74) is 9.17. The summed E-state index contributed by atoms with van der Waals surface area (Å²) < 4.78 is 5.49. The van der Waals surface area contributed by atoms with Gasteiger partial charge in [0.25, 0.3) is 5.91 Å². The van der Waals surface area contributed by atoms with Gasteiger partial charge in [-0.2, -0.15) is 0 Å². The number of nitrogens with one attached hydrogen (secondary N) is 1. The molecule has 0 aromatic heterocycles. The molecular formula is C16H18N2O2. The summed E-state index contributed by atoms with van der Waals surface area (Å²) in [7, 11) is 0. The molecule has 0 atom stereocenters. The van der Waals surface area contributed by atoms with Crippen LogP contribution in [0.4, 0.5) is 11.4 Å². The lowest BCUT2D eigenvalue weighted by atomic mass is 10.1. The van der Waals surface area contributed by atoms with E-state index in [-0.39, 0.29) is 12.5 Å². The molecule has 2 rings (SSSR count). The van der Waals surface area contributed by atoms with E-state index in [0.717, 1.165) is 11.1 Å². The van der Waals surface area contributed by atoms with E-state index >= 15 is 0 Å². The molecule has 4 nitrogen and oxygen atoms in total. The summed E-state index contributed by atoms with van der Waals surface area (Å²) in [5.74, 6) is 0.504. The third-order valence-corrected chi connectivity index (χ3v) is 2.76. The van der Waals surface area contributed by atoms with Gasteiger partial charge in [-0.1, -0.05) is 6.07 Å². The average Bonchev–Trinajstić information content (AvgIpc) is 2.38. The molecule has 0 aliphatic heterocycles. The van der Waals surface area contributed by atoms with Crippen LogP contribution in [0.2, 0.25) is 0 Å². The van der Waals surface area contributed by atoms with E-state index in [1.165, 1.54) is 0 Å². The van der Waals surface area contributed by atoms with Crippen molar-refractivity contribution >= 4 is 17.3 Å². The lowest BCUT2D eigenvalue weighted by molar-refractivity contribution is -0.118. The number of ether oxygens (including phenoxy) is 1. The zero-order chi connectivity index (χ0) is 14.5. The van der Waals surface area contributed by atoms with Gasteiger partial charge in [-0.05, 0) is 61.4 Å². The minimum Gasteiger partial charge on any atom is -0.484 e. The van der Waals surface area contributed by atoms with Gasteiger partial charge in [0, 0.05) is 11.4 Å². The number of rotatable bonds is 4. The fourth-order valence-electron chi connectivity index (χ4n) is 1.93. The molecule has 0 bridgehead atoms. The molecule has 20 heavy (non-hydrogen) atoms. The topological polar surface area (TPSA) is 64.3 Å². The number of anilines is 2. The first-order chi connectivity index (χ1) is 9.52. The van der Waals surface area contributed by atoms with Crippen molar-refractivity contribution in [2.24, 2.45) is 0 Å². The summed E-state index contributed by atoms with van der Waals surface area (Å²) in [5, 5.41) is 2.75. The van der Waals surface area contributed by atoms with Gasteiger partial charge in [0.2, 0.25) is 0 Å². The van der Waals surface area contributed by atoms with Gasteiger partial charge in [-0.25, -0.2) is 0 Å². The Morgan fingerprint density at radius 3 is 2.30 bits per heavy atom. The quantitative estimate of drug-likeness (QED) is 0.840. The lowest BCUT2D eigenvalue weighted by Crippen LogP contribution is -2.20. The molecule has 0 saturated heterocycles. The number of amides is 1. The molecule has 1 amide bonds. The van der Waals surface area contributed by atoms with Crippen LogP contribution in [-0.4, -0.2) is 12.5 Å². The first-order valence-corrected chi connectivity index (χ1v) is 6.39. The van der Waals surface area contributed by atoms with Crippen molar-refractivity contribution < 1.29 is 9.53 Å². The van der Waals surface area contributed by atoms with E-state index in [2.05, 4.69) is 11.4 Å². The monoisotopic (exact) mass is 270 g/mol. The molecule has 104 valence electrons. The van der Waals surface area contributed by atoms with Crippen molar-refractivity contribution in [1.29, 1.82) is 0 Å². The van der Waals surface area contributed by atoms with Gasteiger partial charge < -0.3 is 15.8 Å². The van der Waals surface area contributed by atoms with E-state index in [9.17, 15) is 4.79 Å². The van der Waals surface area contributed by atoms with Crippen LogP contribution in [-0.2, 0) is 4.79 Å².